The summed E-state index contributed by atoms with van der Waals surface area (Å²) in [6, 6.07) is 1.40. The zero-order valence-electron chi connectivity index (χ0n) is 8.57. The number of thioether (sulfide) groups is 1. The highest BCUT2D eigenvalue weighted by molar-refractivity contribution is 7.99. The van der Waals surface area contributed by atoms with Crippen molar-refractivity contribution in [2.24, 2.45) is 0 Å². The lowest BCUT2D eigenvalue weighted by molar-refractivity contribution is 0.0953. The van der Waals surface area contributed by atoms with Crippen LogP contribution in [0.4, 0.5) is 5.82 Å². The van der Waals surface area contributed by atoms with Gasteiger partial charge in [-0.2, -0.15) is 11.8 Å². The van der Waals surface area contributed by atoms with Gasteiger partial charge in [-0.15, -0.1) is 0 Å². The van der Waals surface area contributed by atoms with Crippen LogP contribution >= 0.6 is 23.4 Å². The second kappa shape index (κ2) is 5.03. The second-order valence-electron chi connectivity index (χ2n) is 3.53. The number of Topliss-reactive ketones (excluding diaryl/α,β-unsaturated/α-hetero) is 1. The van der Waals surface area contributed by atoms with Gasteiger partial charge in [0.2, 0.25) is 0 Å². The lowest BCUT2D eigenvalue weighted by Crippen LogP contribution is -2.43. The molecule has 1 saturated heterocycles. The van der Waals surface area contributed by atoms with Crippen LogP contribution in [0, 0.1) is 0 Å². The van der Waals surface area contributed by atoms with Gasteiger partial charge < -0.3 is 11.1 Å². The molecule has 1 aromatic heterocycles. The van der Waals surface area contributed by atoms with Gasteiger partial charge in [-0.05, 0) is 6.07 Å². The Labute approximate surface area is 103 Å². The molecule has 1 atom stereocenters. The molecule has 0 aromatic carbocycles. The zero-order valence-corrected chi connectivity index (χ0v) is 10.1. The highest BCUT2D eigenvalue weighted by atomic mass is 35.5. The summed E-state index contributed by atoms with van der Waals surface area (Å²) in [6.07, 6.45) is 1.44. The lowest BCUT2D eigenvalue weighted by atomic mass is 10.1. The molecule has 4 nitrogen and oxygen atoms in total. The van der Waals surface area contributed by atoms with Crippen molar-refractivity contribution < 1.29 is 4.79 Å². The van der Waals surface area contributed by atoms with Crippen LogP contribution in [0.2, 0.25) is 5.02 Å². The number of nitrogens with zero attached hydrogens (tertiary/aromatic N) is 1. The number of halogens is 1. The van der Waals surface area contributed by atoms with Crippen molar-refractivity contribution in [2.45, 2.75) is 6.04 Å². The number of hydrogen-bond donors (Lipinski definition) is 2. The first kappa shape index (κ1) is 11.7. The minimum absolute atomic E-state index is 0.0281. The summed E-state index contributed by atoms with van der Waals surface area (Å²) in [5.41, 5.74) is 6.08. The predicted molar refractivity (Wildman–Crippen MR) is 67.1 cm³/mol. The van der Waals surface area contributed by atoms with Crippen molar-refractivity contribution in [1.29, 1.82) is 0 Å². The van der Waals surface area contributed by atoms with E-state index in [9.17, 15) is 4.79 Å². The number of rotatable bonds is 2. The van der Waals surface area contributed by atoms with Crippen molar-refractivity contribution in [1.82, 2.24) is 10.3 Å². The van der Waals surface area contributed by atoms with Gasteiger partial charge in [-0.25, -0.2) is 4.98 Å². The number of nitrogens with one attached hydrogen (secondary N) is 1. The zero-order chi connectivity index (χ0) is 11.5. The van der Waals surface area contributed by atoms with Gasteiger partial charge in [0.25, 0.3) is 0 Å². The lowest BCUT2D eigenvalue weighted by Gasteiger charge is -2.22. The molecule has 2 heterocycles. The number of pyridine rings is 1. The van der Waals surface area contributed by atoms with Crippen LogP contribution in [0.3, 0.4) is 0 Å². The molecule has 1 aliphatic rings. The number of ketones is 1. The van der Waals surface area contributed by atoms with Crippen LogP contribution in [-0.2, 0) is 0 Å². The number of hydrogen-bond acceptors (Lipinski definition) is 5. The number of anilines is 1. The number of aromatic nitrogens is 1. The standard InChI is InChI=1S/C10H12ClN3OS/c11-6-3-7(10(12)14-4-6)9(15)8-5-16-2-1-13-8/h3-4,8,13H,1-2,5H2,(H2,12,14). The maximum atomic E-state index is 12.1. The first-order valence-electron chi connectivity index (χ1n) is 4.95. The van der Waals surface area contributed by atoms with Crippen LogP contribution in [0.5, 0.6) is 0 Å². The maximum Gasteiger partial charge on any atom is 0.184 e. The molecule has 6 heteroatoms. The highest BCUT2D eigenvalue weighted by Gasteiger charge is 2.24. The van der Waals surface area contributed by atoms with E-state index in [4.69, 9.17) is 17.3 Å². The van der Waals surface area contributed by atoms with Crippen LogP contribution in [0.25, 0.3) is 0 Å². The Hall–Kier alpha value is -0.780. The summed E-state index contributed by atoms with van der Waals surface area (Å²) < 4.78 is 0. The summed E-state index contributed by atoms with van der Waals surface area (Å²) in [7, 11) is 0. The minimum atomic E-state index is -0.179. The Balaban J connectivity index is 2.22. The van der Waals surface area contributed by atoms with Crippen LogP contribution in [0.1, 0.15) is 10.4 Å². The normalized spacial score (nSPS) is 20.7. The van der Waals surface area contributed by atoms with E-state index in [0.717, 1.165) is 18.1 Å². The van der Waals surface area contributed by atoms with E-state index >= 15 is 0 Å². The molecule has 0 spiro atoms. The Bertz CT molecular complexity index is 407. The SMILES string of the molecule is Nc1ncc(Cl)cc1C(=O)C1CSCCN1. The Morgan fingerprint density at radius 2 is 2.50 bits per heavy atom. The van der Waals surface area contributed by atoms with Gasteiger partial charge in [-0.1, -0.05) is 11.6 Å². The summed E-state index contributed by atoms with van der Waals surface area (Å²) in [6.45, 7) is 0.842. The predicted octanol–water partition coefficient (Wildman–Crippen LogP) is 1.20. The van der Waals surface area contributed by atoms with E-state index in [1.165, 1.54) is 6.20 Å². The number of nitrogens with two attached hydrogens (primary N) is 1. The third kappa shape index (κ3) is 2.48. The molecule has 3 N–H and O–H groups in total. The molecule has 16 heavy (non-hydrogen) atoms. The van der Waals surface area contributed by atoms with E-state index in [1.807, 2.05) is 0 Å². The third-order valence-corrected chi connectivity index (χ3v) is 3.66. The van der Waals surface area contributed by atoms with Crippen molar-refractivity contribution in [2.75, 3.05) is 23.8 Å². The second-order valence-corrected chi connectivity index (χ2v) is 5.12. The molecule has 1 fully saturated rings. The summed E-state index contributed by atoms with van der Waals surface area (Å²) >= 11 is 7.56. The molecular weight excluding hydrogens is 246 g/mol. The quantitative estimate of drug-likeness (QED) is 0.780. The average Bonchev–Trinajstić information content (AvgIpc) is 2.32. The largest absolute Gasteiger partial charge is 0.383 e. The molecule has 0 radical (unpaired) electrons. The van der Waals surface area contributed by atoms with E-state index in [1.54, 1.807) is 17.8 Å². The molecular formula is C10H12ClN3OS. The molecule has 0 bridgehead atoms. The van der Waals surface area contributed by atoms with Crippen LogP contribution in [0.15, 0.2) is 12.3 Å². The van der Waals surface area contributed by atoms with Crippen molar-refractivity contribution >= 4 is 35.0 Å². The maximum absolute atomic E-state index is 12.1. The summed E-state index contributed by atoms with van der Waals surface area (Å²) in [5, 5.41) is 3.60. The summed E-state index contributed by atoms with van der Waals surface area (Å²) in [5.74, 6) is 2.02. The topological polar surface area (TPSA) is 68.0 Å². The van der Waals surface area contributed by atoms with Gasteiger partial charge in [0.05, 0.1) is 16.6 Å². The fourth-order valence-corrected chi connectivity index (χ4v) is 2.66. The molecule has 1 aliphatic heterocycles. The van der Waals surface area contributed by atoms with E-state index < -0.39 is 0 Å². The van der Waals surface area contributed by atoms with Gasteiger partial charge in [-0.3, -0.25) is 4.79 Å². The summed E-state index contributed by atoms with van der Waals surface area (Å²) in [4.78, 5) is 16.0. The Kier molecular flexibility index (Phi) is 3.68. The number of carbonyl (C=O) groups is 1. The highest BCUT2D eigenvalue weighted by Crippen LogP contribution is 2.19. The third-order valence-electron chi connectivity index (χ3n) is 2.39. The van der Waals surface area contributed by atoms with Gasteiger partial charge >= 0.3 is 0 Å². The fourth-order valence-electron chi connectivity index (χ4n) is 1.57. The van der Waals surface area contributed by atoms with Crippen molar-refractivity contribution in [3.8, 4) is 0 Å². The van der Waals surface area contributed by atoms with Crippen molar-refractivity contribution in [3.05, 3.63) is 22.8 Å². The van der Waals surface area contributed by atoms with Crippen LogP contribution in [-0.4, -0.2) is 34.9 Å². The molecule has 0 saturated carbocycles. The Morgan fingerprint density at radius 1 is 1.69 bits per heavy atom. The monoisotopic (exact) mass is 257 g/mol. The first-order chi connectivity index (χ1) is 7.68. The molecule has 86 valence electrons. The molecule has 1 aromatic rings. The van der Waals surface area contributed by atoms with E-state index in [-0.39, 0.29) is 17.6 Å². The smallest absolute Gasteiger partial charge is 0.184 e. The van der Waals surface area contributed by atoms with Gasteiger partial charge in [0, 0.05) is 24.2 Å². The molecule has 0 aliphatic carbocycles. The minimum Gasteiger partial charge on any atom is -0.383 e. The fraction of sp³-hybridized carbons (Fsp3) is 0.400. The average molecular weight is 258 g/mol. The van der Waals surface area contributed by atoms with Crippen LogP contribution < -0.4 is 11.1 Å². The Morgan fingerprint density at radius 3 is 3.19 bits per heavy atom. The molecule has 2 rings (SSSR count). The molecule has 1 unspecified atom stereocenters. The van der Waals surface area contributed by atoms with Gasteiger partial charge in [0.15, 0.2) is 5.78 Å². The van der Waals surface area contributed by atoms with Crippen molar-refractivity contribution in [3.63, 3.8) is 0 Å². The molecule has 0 amide bonds. The number of carbonyl (C=O) groups excluding carboxylic acids is 1. The van der Waals surface area contributed by atoms with E-state index in [0.29, 0.717) is 10.6 Å². The first-order valence-corrected chi connectivity index (χ1v) is 6.48. The van der Waals surface area contributed by atoms with Gasteiger partial charge in [0.1, 0.15) is 5.82 Å². The van der Waals surface area contributed by atoms with E-state index in [2.05, 4.69) is 10.3 Å². The number of nitrogen functional groups attached to an aromatic ring is 1.